The van der Waals surface area contributed by atoms with Gasteiger partial charge < -0.3 is 10.2 Å². The lowest BCUT2D eigenvalue weighted by Crippen LogP contribution is -2.48. The Bertz CT molecular complexity index is 966. The lowest BCUT2D eigenvalue weighted by atomic mass is 10.2. The van der Waals surface area contributed by atoms with E-state index in [4.69, 9.17) is 11.6 Å². The number of aromatic nitrogens is 3. The van der Waals surface area contributed by atoms with Crippen molar-refractivity contribution in [1.82, 2.24) is 24.8 Å². The van der Waals surface area contributed by atoms with E-state index in [0.29, 0.717) is 23.1 Å². The van der Waals surface area contributed by atoms with E-state index in [-0.39, 0.29) is 5.91 Å². The fraction of sp³-hybridized carbons (Fsp3) is 0.333. The molecule has 4 heterocycles. The molecule has 0 bridgehead atoms. The molecule has 1 aliphatic rings. The van der Waals surface area contributed by atoms with E-state index >= 15 is 0 Å². The van der Waals surface area contributed by atoms with Crippen LogP contribution in [-0.2, 0) is 6.54 Å². The average Bonchev–Trinajstić information content (AvgIpc) is 3.30. The van der Waals surface area contributed by atoms with Gasteiger partial charge in [0.15, 0.2) is 5.13 Å². The summed E-state index contributed by atoms with van der Waals surface area (Å²) in [6, 6.07) is 5.89. The molecule has 1 saturated heterocycles. The van der Waals surface area contributed by atoms with Crippen LogP contribution in [0, 0.1) is 6.92 Å². The Balaban J connectivity index is 1.32. The van der Waals surface area contributed by atoms with Crippen LogP contribution in [0.25, 0.3) is 0 Å². The van der Waals surface area contributed by atoms with Crippen molar-refractivity contribution >= 4 is 51.1 Å². The Labute approximate surface area is 176 Å². The van der Waals surface area contributed by atoms with E-state index in [1.165, 1.54) is 22.7 Å². The number of aryl methyl sites for hydroxylation is 1. The van der Waals surface area contributed by atoms with Crippen LogP contribution in [0.1, 0.15) is 21.2 Å². The van der Waals surface area contributed by atoms with Gasteiger partial charge in [-0.15, -0.1) is 11.3 Å². The summed E-state index contributed by atoms with van der Waals surface area (Å²) in [5.74, 6) is 0.770. The molecule has 0 unspecified atom stereocenters. The summed E-state index contributed by atoms with van der Waals surface area (Å²) in [4.78, 5) is 29.9. The minimum absolute atomic E-state index is 0.0235. The van der Waals surface area contributed by atoms with Gasteiger partial charge in [0.1, 0.15) is 15.8 Å². The van der Waals surface area contributed by atoms with Crippen LogP contribution in [0.3, 0.4) is 0 Å². The van der Waals surface area contributed by atoms with Gasteiger partial charge in [-0.05, 0) is 19.1 Å². The third-order valence-corrected chi connectivity index (χ3v) is 6.21. The molecule has 1 amide bonds. The number of rotatable bonds is 5. The molecule has 0 spiro atoms. The highest BCUT2D eigenvalue weighted by Crippen LogP contribution is 2.25. The molecule has 0 saturated carbocycles. The third kappa shape index (κ3) is 4.67. The van der Waals surface area contributed by atoms with Gasteiger partial charge in [0, 0.05) is 38.1 Å². The standard InChI is InChI=1S/C18H19ClN6OS2/c1-12-21-14(11-27-12)17(26)25-7-5-24(6-8-25)10-13-3-2-4-16(22-13)23-18-20-9-15(19)28-18/h2-4,9,11H,5-8,10H2,1H3,(H,20,22,23). The highest BCUT2D eigenvalue weighted by atomic mass is 35.5. The van der Waals surface area contributed by atoms with Gasteiger partial charge in [-0.3, -0.25) is 9.69 Å². The van der Waals surface area contributed by atoms with Crippen LogP contribution in [0.4, 0.5) is 10.9 Å². The van der Waals surface area contributed by atoms with Crippen LogP contribution in [0.15, 0.2) is 29.8 Å². The van der Waals surface area contributed by atoms with E-state index in [9.17, 15) is 4.79 Å². The molecule has 0 aromatic carbocycles. The maximum atomic E-state index is 12.5. The number of carbonyl (C=O) groups is 1. The fourth-order valence-electron chi connectivity index (χ4n) is 3.02. The summed E-state index contributed by atoms with van der Waals surface area (Å²) in [7, 11) is 0. The van der Waals surface area contributed by atoms with Crippen LogP contribution in [-0.4, -0.2) is 56.8 Å². The smallest absolute Gasteiger partial charge is 0.273 e. The van der Waals surface area contributed by atoms with Crippen LogP contribution >= 0.6 is 34.3 Å². The Morgan fingerprint density at radius 3 is 2.75 bits per heavy atom. The topological polar surface area (TPSA) is 74.2 Å². The molecule has 7 nitrogen and oxygen atoms in total. The number of piperazine rings is 1. The second kappa shape index (κ2) is 8.52. The first-order chi connectivity index (χ1) is 13.6. The second-order valence-electron chi connectivity index (χ2n) is 6.43. The van der Waals surface area contributed by atoms with Crippen molar-refractivity contribution < 1.29 is 4.79 Å². The SMILES string of the molecule is Cc1nc(C(=O)N2CCN(Cc3cccc(Nc4ncc(Cl)s4)n3)CC2)cs1. The number of amides is 1. The normalized spacial score (nSPS) is 15.0. The molecule has 1 fully saturated rings. The summed E-state index contributed by atoms with van der Waals surface area (Å²) < 4.78 is 0.638. The van der Waals surface area contributed by atoms with Crippen molar-refractivity contribution in [3.05, 3.63) is 50.5 Å². The average molecular weight is 435 g/mol. The molecule has 3 aromatic rings. The summed E-state index contributed by atoms with van der Waals surface area (Å²) in [5.41, 5.74) is 1.53. The first kappa shape index (κ1) is 19.3. The fourth-order valence-corrected chi connectivity index (χ4v) is 4.43. The van der Waals surface area contributed by atoms with E-state index in [2.05, 4.69) is 25.2 Å². The molecule has 0 radical (unpaired) electrons. The number of nitrogens with one attached hydrogen (secondary N) is 1. The number of nitrogens with zero attached hydrogens (tertiary/aromatic N) is 5. The molecule has 0 atom stereocenters. The van der Waals surface area contributed by atoms with Gasteiger partial charge in [0.25, 0.3) is 5.91 Å². The zero-order valence-corrected chi connectivity index (χ0v) is 17.6. The maximum absolute atomic E-state index is 12.5. The van der Waals surface area contributed by atoms with Crippen molar-refractivity contribution in [2.75, 3.05) is 31.5 Å². The maximum Gasteiger partial charge on any atom is 0.273 e. The largest absolute Gasteiger partial charge is 0.335 e. The number of carbonyl (C=O) groups excluding carboxylic acids is 1. The lowest BCUT2D eigenvalue weighted by Gasteiger charge is -2.34. The minimum atomic E-state index is 0.0235. The van der Waals surface area contributed by atoms with Crippen molar-refractivity contribution in [2.24, 2.45) is 0 Å². The number of anilines is 2. The predicted molar refractivity (Wildman–Crippen MR) is 113 cm³/mol. The molecular weight excluding hydrogens is 416 g/mol. The Morgan fingerprint density at radius 1 is 1.25 bits per heavy atom. The Hall–Kier alpha value is -2.07. The number of halogens is 1. The van der Waals surface area contributed by atoms with Crippen LogP contribution in [0.2, 0.25) is 4.34 Å². The number of thiazole rings is 2. The summed E-state index contributed by atoms with van der Waals surface area (Å²) in [6.07, 6.45) is 1.62. The zero-order chi connectivity index (χ0) is 19.5. The van der Waals surface area contributed by atoms with E-state index in [1.54, 1.807) is 6.20 Å². The molecular formula is C18H19ClN6OS2. The molecule has 1 aliphatic heterocycles. The molecule has 0 aliphatic carbocycles. The van der Waals surface area contributed by atoms with Gasteiger partial charge >= 0.3 is 0 Å². The summed E-state index contributed by atoms with van der Waals surface area (Å²) in [5, 5.41) is 6.65. The Morgan fingerprint density at radius 2 is 2.07 bits per heavy atom. The molecule has 3 aromatic heterocycles. The quantitative estimate of drug-likeness (QED) is 0.660. The van der Waals surface area contributed by atoms with Gasteiger partial charge in [0.05, 0.1) is 16.9 Å². The van der Waals surface area contributed by atoms with E-state index < -0.39 is 0 Å². The lowest BCUT2D eigenvalue weighted by molar-refractivity contribution is 0.0622. The monoisotopic (exact) mass is 434 g/mol. The molecule has 4 rings (SSSR count). The molecule has 1 N–H and O–H groups in total. The van der Waals surface area contributed by atoms with Crippen molar-refractivity contribution in [3.8, 4) is 0 Å². The highest BCUT2D eigenvalue weighted by Gasteiger charge is 2.23. The second-order valence-corrected chi connectivity index (χ2v) is 9.15. The van der Waals surface area contributed by atoms with Crippen LogP contribution < -0.4 is 5.32 Å². The number of hydrogen-bond acceptors (Lipinski definition) is 8. The highest BCUT2D eigenvalue weighted by molar-refractivity contribution is 7.19. The zero-order valence-electron chi connectivity index (χ0n) is 15.3. The third-order valence-electron chi connectivity index (χ3n) is 4.40. The van der Waals surface area contributed by atoms with Gasteiger partial charge in [-0.1, -0.05) is 29.0 Å². The Kier molecular flexibility index (Phi) is 5.86. The van der Waals surface area contributed by atoms with Gasteiger partial charge in [-0.2, -0.15) is 0 Å². The van der Waals surface area contributed by atoms with Crippen molar-refractivity contribution in [2.45, 2.75) is 13.5 Å². The van der Waals surface area contributed by atoms with Gasteiger partial charge in [-0.25, -0.2) is 15.0 Å². The number of hydrogen-bond donors (Lipinski definition) is 1. The van der Waals surface area contributed by atoms with E-state index in [1.807, 2.05) is 35.4 Å². The molecule has 10 heteroatoms. The van der Waals surface area contributed by atoms with Crippen LogP contribution in [0.5, 0.6) is 0 Å². The molecule has 28 heavy (non-hydrogen) atoms. The molecule has 146 valence electrons. The minimum Gasteiger partial charge on any atom is -0.335 e. The first-order valence-corrected chi connectivity index (χ1v) is 10.9. The summed E-state index contributed by atoms with van der Waals surface area (Å²) >= 11 is 8.80. The predicted octanol–water partition coefficient (Wildman–Crippen LogP) is 3.66. The first-order valence-electron chi connectivity index (χ1n) is 8.85. The van der Waals surface area contributed by atoms with Crippen molar-refractivity contribution in [1.29, 1.82) is 0 Å². The van der Waals surface area contributed by atoms with Gasteiger partial charge in [0.2, 0.25) is 0 Å². The summed E-state index contributed by atoms with van der Waals surface area (Å²) in [6.45, 7) is 5.69. The van der Waals surface area contributed by atoms with E-state index in [0.717, 1.165) is 41.3 Å². The van der Waals surface area contributed by atoms with Crippen molar-refractivity contribution in [3.63, 3.8) is 0 Å². The number of pyridine rings is 1.